The van der Waals surface area contributed by atoms with E-state index in [4.69, 9.17) is 0 Å². The van der Waals surface area contributed by atoms with Crippen LogP contribution < -0.4 is 10.9 Å². The summed E-state index contributed by atoms with van der Waals surface area (Å²) in [7, 11) is 0. The van der Waals surface area contributed by atoms with Crippen molar-refractivity contribution in [3.05, 3.63) is 71.0 Å². The molecule has 0 aliphatic carbocycles. The fourth-order valence-corrected chi connectivity index (χ4v) is 5.10. The van der Waals surface area contributed by atoms with Crippen molar-refractivity contribution in [2.75, 3.05) is 11.5 Å². The molecule has 1 aliphatic heterocycles. The van der Waals surface area contributed by atoms with Crippen LogP contribution in [0.4, 0.5) is 4.39 Å². The Morgan fingerprint density at radius 1 is 0.917 bits per heavy atom. The van der Waals surface area contributed by atoms with Crippen molar-refractivity contribution in [1.29, 1.82) is 0 Å². The number of rotatable bonds is 3. The van der Waals surface area contributed by atoms with E-state index in [1.54, 1.807) is 18.2 Å². The maximum atomic E-state index is 13.5. The third-order valence-electron chi connectivity index (χ3n) is 3.47. The van der Waals surface area contributed by atoms with Crippen LogP contribution in [0.15, 0.2) is 48.5 Å². The summed E-state index contributed by atoms with van der Waals surface area (Å²) in [6.45, 7) is 0. The summed E-state index contributed by atoms with van der Waals surface area (Å²) in [5, 5.41) is 0. The van der Waals surface area contributed by atoms with Crippen LogP contribution in [0.3, 0.4) is 0 Å². The van der Waals surface area contributed by atoms with Gasteiger partial charge in [0.2, 0.25) is 0 Å². The third kappa shape index (κ3) is 3.91. The molecule has 2 aromatic carbocycles. The maximum Gasteiger partial charge on any atom is 0.272 e. The number of carbonyl (C=O) groups excluding carboxylic acids is 2. The van der Waals surface area contributed by atoms with Crippen molar-refractivity contribution in [1.82, 2.24) is 10.9 Å². The van der Waals surface area contributed by atoms with E-state index in [2.05, 4.69) is 10.9 Å². The van der Waals surface area contributed by atoms with E-state index in [1.165, 1.54) is 23.8 Å². The first kappa shape index (κ1) is 16.9. The molecule has 0 bridgehead atoms. The number of amides is 2. The quantitative estimate of drug-likeness (QED) is 0.822. The average Bonchev–Trinajstić information content (AvgIpc) is 3.14. The lowest BCUT2D eigenvalue weighted by molar-refractivity contribution is 0.0844. The first-order valence-corrected chi connectivity index (χ1v) is 9.43. The predicted molar refractivity (Wildman–Crippen MR) is 95.4 cm³/mol. The number of thioether (sulfide) groups is 2. The van der Waals surface area contributed by atoms with E-state index < -0.39 is 17.6 Å². The number of hydrogen-bond acceptors (Lipinski definition) is 4. The van der Waals surface area contributed by atoms with E-state index in [0.717, 1.165) is 11.5 Å². The molecule has 0 saturated carbocycles. The highest BCUT2D eigenvalue weighted by molar-refractivity contribution is 8.19. The highest BCUT2D eigenvalue weighted by Gasteiger charge is 2.18. The van der Waals surface area contributed by atoms with Crippen molar-refractivity contribution in [2.45, 2.75) is 4.58 Å². The zero-order chi connectivity index (χ0) is 16.9. The van der Waals surface area contributed by atoms with Gasteiger partial charge >= 0.3 is 0 Å². The molecular weight excluding hydrogens is 347 g/mol. The second-order valence-corrected chi connectivity index (χ2v) is 7.81. The molecule has 2 amide bonds. The van der Waals surface area contributed by atoms with E-state index in [0.29, 0.717) is 10.1 Å². The fraction of sp³-hybridized carbons (Fsp3) is 0.176. The number of carbonyl (C=O) groups is 2. The van der Waals surface area contributed by atoms with Crippen molar-refractivity contribution in [3.63, 3.8) is 0 Å². The lowest BCUT2D eigenvalue weighted by atomic mass is 10.1. The number of hydrazine groups is 1. The molecule has 1 aliphatic rings. The summed E-state index contributed by atoms with van der Waals surface area (Å²) in [4.78, 5) is 23.9. The molecule has 2 N–H and O–H groups in total. The van der Waals surface area contributed by atoms with Gasteiger partial charge < -0.3 is 0 Å². The zero-order valence-electron chi connectivity index (χ0n) is 12.6. The van der Waals surface area contributed by atoms with Crippen molar-refractivity contribution in [2.24, 2.45) is 0 Å². The Kier molecular flexibility index (Phi) is 5.42. The van der Waals surface area contributed by atoms with Gasteiger partial charge in [-0.3, -0.25) is 20.4 Å². The van der Waals surface area contributed by atoms with Crippen LogP contribution in [-0.2, 0) is 0 Å². The molecule has 0 aromatic heterocycles. The van der Waals surface area contributed by atoms with Crippen molar-refractivity contribution >= 4 is 35.3 Å². The highest BCUT2D eigenvalue weighted by atomic mass is 32.2. The molecule has 3 rings (SSSR count). The van der Waals surface area contributed by atoms with Gasteiger partial charge in [-0.15, -0.1) is 23.5 Å². The number of hydrogen-bond donors (Lipinski definition) is 2. The van der Waals surface area contributed by atoms with Gasteiger partial charge in [0.05, 0.1) is 10.1 Å². The van der Waals surface area contributed by atoms with Gasteiger partial charge in [0.25, 0.3) is 11.8 Å². The smallest absolute Gasteiger partial charge is 0.267 e. The molecule has 0 radical (unpaired) electrons. The van der Waals surface area contributed by atoms with Crippen LogP contribution in [0.5, 0.6) is 0 Å². The van der Waals surface area contributed by atoms with Crippen LogP contribution in [-0.4, -0.2) is 23.3 Å². The van der Waals surface area contributed by atoms with Crippen LogP contribution >= 0.6 is 23.5 Å². The average molecular weight is 362 g/mol. The Balaban J connectivity index is 1.58. The number of nitrogens with one attached hydrogen (secondary N) is 2. The fourth-order valence-electron chi connectivity index (χ4n) is 2.24. The van der Waals surface area contributed by atoms with Gasteiger partial charge in [-0.05, 0) is 29.8 Å². The Morgan fingerprint density at radius 3 is 2.21 bits per heavy atom. The van der Waals surface area contributed by atoms with E-state index in [-0.39, 0.29) is 5.56 Å². The lowest BCUT2D eigenvalue weighted by Gasteiger charge is -2.10. The number of benzene rings is 2. The molecule has 2 aromatic rings. The van der Waals surface area contributed by atoms with Crippen LogP contribution in [0.25, 0.3) is 0 Å². The second-order valence-electron chi connectivity index (χ2n) is 5.08. The summed E-state index contributed by atoms with van der Waals surface area (Å²) in [5.41, 5.74) is 6.00. The minimum atomic E-state index is -0.697. The molecule has 1 saturated heterocycles. The van der Waals surface area contributed by atoms with Gasteiger partial charge in [0, 0.05) is 17.1 Å². The number of halogens is 1. The van der Waals surface area contributed by atoms with Crippen molar-refractivity contribution < 1.29 is 14.0 Å². The molecule has 124 valence electrons. The molecule has 24 heavy (non-hydrogen) atoms. The Morgan fingerprint density at radius 2 is 1.54 bits per heavy atom. The Labute approximate surface area is 147 Å². The largest absolute Gasteiger partial charge is 0.272 e. The SMILES string of the molecule is O=C(NNC(=O)c1ccccc1F)c1ccc(C2SCCS2)cc1. The van der Waals surface area contributed by atoms with Crippen LogP contribution in [0.1, 0.15) is 30.9 Å². The topological polar surface area (TPSA) is 58.2 Å². The van der Waals surface area contributed by atoms with Gasteiger partial charge in [-0.25, -0.2) is 4.39 Å². The maximum absolute atomic E-state index is 13.5. The van der Waals surface area contributed by atoms with E-state index in [9.17, 15) is 14.0 Å². The first-order chi connectivity index (χ1) is 11.6. The first-order valence-electron chi connectivity index (χ1n) is 7.33. The molecule has 0 atom stereocenters. The minimum absolute atomic E-state index is 0.122. The Hall–Kier alpha value is -1.99. The summed E-state index contributed by atoms with van der Waals surface area (Å²) >= 11 is 3.79. The third-order valence-corrected chi connectivity index (χ3v) is 6.58. The molecule has 1 fully saturated rings. The molecule has 0 spiro atoms. The van der Waals surface area contributed by atoms with Gasteiger partial charge in [0.1, 0.15) is 5.82 Å². The standard InChI is InChI=1S/C17H15FN2O2S2/c18-14-4-2-1-3-13(14)16(22)20-19-15(21)11-5-7-12(8-6-11)17-23-9-10-24-17/h1-8,17H,9-10H2,(H,19,21)(H,20,22). The highest BCUT2D eigenvalue weighted by Crippen LogP contribution is 2.45. The summed E-state index contributed by atoms with van der Waals surface area (Å²) in [6, 6.07) is 12.9. The summed E-state index contributed by atoms with van der Waals surface area (Å²) in [6.07, 6.45) is 0. The second kappa shape index (κ2) is 7.72. The van der Waals surface area contributed by atoms with Gasteiger partial charge in [-0.1, -0.05) is 24.3 Å². The van der Waals surface area contributed by atoms with E-state index >= 15 is 0 Å². The molecular formula is C17H15FN2O2S2. The normalized spacial score (nSPS) is 14.4. The van der Waals surface area contributed by atoms with Gasteiger partial charge in [-0.2, -0.15) is 0 Å². The molecule has 1 heterocycles. The molecule has 7 heteroatoms. The van der Waals surface area contributed by atoms with Gasteiger partial charge in [0.15, 0.2) is 0 Å². The lowest BCUT2D eigenvalue weighted by Crippen LogP contribution is -2.41. The predicted octanol–water partition coefficient (Wildman–Crippen LogP) is 3.38. The molecule has 0 unspecified atom stereocenters. The monoisotopic (exact) mass is 362 g/mol. The zero-order valence-corrected chi connectivity index (χ0v) is 14.3. The summed E-state index contributed by atoms with van der Waals surface area (Å²) in [5.74, 6) is 0.495. The van der Waals surface area contributed by atoms with Crippen molar-refractivity contribution in [3.8, 4) is 0 Å². The summed E-state index contributed by atoms with van der Waals surface area (Å²) < 4.78 is 13.9. The Bertz CT molecular complexity index is 747. The van der Waals surface area contributed by atoms with E-state index in [1.807, 2.05) is 35.7 Å². The minimum Gasteiger partial charge on any atom is -0.267 e. The molecule has 4 nitrogen and oxygen atoms in total. The van der Waals surface area contributed by atoms with Crippen LogP contribution in [0.2, 0.25) is 0 Å². The van der Waals surface area contributed by atoms with Crippen LogP contribution in [0, 0.1) is 5.82 Å².